The van der Waals surface area contributed by atoms with E-state index < -0.39 is 5.97 Å². The molecule has 0 amide bonds. The molecular formula is C10H7BrO4. The number of benzene rings is 1. The van der Waals surface area contributed by atoms with Crippen molar-refractivity contribution in [2.45, 2.75) is 0 Å². The van der Waals surface area contributed by atoms with Gasteiger partial charge in [0, 0.05) is 6.08 Å². The molecule has 2 rings (SSSR count). The number of carboxylic acid groups (broad SMARTS) is 1. The molecule has 0 aliphatic carbocycles. The van der Waals surface area contributed by atoms with E-state index in [0.717, 1.165) is 11.6 Å². The van der Waals surface area contributed by atoms with Crippen LogP contribution in [-0.4, -0.2) is 17.9 Å². The Morgan fingerprint density at radius 2 is 2.27 bits per heavy atom. The normalized spacial score (nSPS) is 13.4. The Morgan fingerprint density at radius 3 is 3.00 bits per heavy atom. The maximum absolute atomic E-state index is 10.4. The second-order valence-electron chi connectivity index (χ2n) is 2.87. The number of carbonyl (C=O) groups is 1. The SMILES string of the molecule is O=C(O)/C=C/c1ccc2c(c1Br)OCO2. The molecule has 0 spiro atoms. The van der Waals surface area contributed by atoms with Crippen LogP contribution in [0.15, 0.2) is 22.7 Å². The van der Waals surface area contributed by atoms with Crippen molar-refractivity contribution < 1.29 is 19.4 Å². The molecule has 15 heavy (non-hydrogen) atoms. The minimum Gasteiger partial charge on any atom is -0.478 e. The van der Waals surface area contributed by atoms with Gasteiger partial charge in [-0.1, -0.05) is 0 Å². The van der Waals surface area contributed by atoms with Gasteiger partial charge in [0.05, 0.1) is 4.47 Å². The largest absolute Gasteiger partial charge is 0.478 e. The second-order valence-corrected chi connectivity index (χ2v) is 3.67. The van der Waals surface area contributed by atoms with Crippen molar-refractivity contribution in [1.29, 1.82) is 0 Å². The minimum absolute atomic E-state index is 0.194. The summed E-state index contributed by atoms with van der Waals surface area (Å²) in [5.74, 6) is 0.288. The number of hydrogen-bond donors (Lipinski definition) is 1. The van der Waals surface area contributed by atoms with Crippen molar-refractivity contribution in [2.24, 2.45) is 0 Å². The lowest BCUT2D eigenvalue weighted by Gasteiger charge is -2.02. The van der Waals surface area contributed by atoms with Crippen LogP contribution in [0, 0.1) is 0 Å². The smallest absolute Gasteiger partial charge is 0.328 e. The first-order valence-corrected chi connectivity index (χ1v) is 4.97. The summed E-state index contributed by atoms with van der Waals surface area (Å²) in [6, 6.07) is 3.51. The molecule has 1 aromatic carbocycles. The molecule has 5 heteroatoms. The van der Waals surface area contributed by atoms with Gasteiger partial charge >= 0.3 is 5.97 Å². The van der Waals surface area contributed by atoms with Gasteiger partial charge in [0.2, 0.25) is 6.79 Å². The number of fused-ring (bicyclic) bond motifs is 1. The Bertz CT molecular complexity index is 439. The highest BCUT2D eigenvalue weighted by Gasteiger charge is 2.18. The van der Waals surface area contributed by atoms with Crippen LogP contribution in [-0.2, 0) is 4.79 Å². The van der Waals surface area contributed by atoms with E-state index in [1.807, 2.05) is 0 Å². The average Bonchev–Trinajstić information content (AvgIpc) is 2.65. The Balaban J connectivity index is 2.38. The van der Waals surface area contributed by atoms with Gasteiger partial charge in [0.15, 0.2) is 11.5 Å². The van der Waals surface area contributed by atoms with Crippen molar-refractivity contribution in [3.8, 4) is 11.5 Å². The third-order valence-electron chi connectivity index (χ3n) is 1.91. The predicted octanol–water partition coefficient (Wildman–Crippen LogP) is 2.28. The van der Waals surface area contributed by atoms with E-state index in [-0.39, 0.29) is 6.79 Å². The van der Waals surface area contributed by atoms with E-state index in [0.29, 0.717) is 16.0 Å². The Kier molecular flexibility index (Phi) is 2.64. The van der Waals surface area contributed by atoms with E-state index in [1.165, 1.54) is 6.08 Å². The lowest BCUT2D eigenvalue weighted by atomic mass is 10.2. The zero-order valence-corrected chi connectivity index (χ0v) is 9.15. The van der Waals surface area contributed by atoms with Crippen LogP contribution in [0.2, 0.25) is 0 Å². The standard InChI is InChI=1S/C10H7BrO4/c11-9-6(2-4-8(12)13)1-3-7-10(9)15-5-14-7/h1-4H,5H2,(H,12,13)/b4-2+. The van der Waals surface area contributed by atoms with Gasteiger partial charge in [0.25, 0.3) is 0 Å². The Labute approximate surface area is 94.2 Å². The molecule has 1 N–H and O–H groups in total. The van der Waals surface area contributed by atoms with E-state index in [9.17, 15) is 4.79 Å². The van der Waals surface area contributed by atoms with Crippen LogP contribution in [0.5, 0.6) is 11.5 Å². The summed E-state index contributed by atoms with van der Waals surface area (Å²) in [5.41, 5.74) is 0.738. The maximum atomic E-state index is 10.4. The Morgan fingerprint density at radius 1 is 1.47 bits per heavy atom. The van der Waals surface area contributed by atoms with Crippen LogP contribution in [0.4, 0.5) is 0 Å². The molecule has 1 heterocycles. The summed E-state index contributed by atoms with van der Waals surface area (Å²) >= 11 is 3.33. The van der Waals surface area contributed by atoms with Gasteiger partial charge < -0.3 is 14.6 Å². The van der Waals surface area contributed by atoms with Gasteiger partial charge in [-0.2, -0.15) is 0 Å². The summed E-state index contributed by atoms with van der Waals surface area (Å²) in [4.78, 5) is 10.4. The van der Waals surface area contributed by atoms with E-state index in [4.69, 9.17) is 14.6 Å². The second kappa shape index (κ2) is 3.94. The van der Waals surface area contributed by atoms with Gasteiger partial charge in [-0.15, -0.1) is 0 Å². The highest BCUT2D eigenvalue weighted by atomic mass is 79.9. The van der Waals surface area contributed by atoms with E-state index in [2.05, 4.69) is 15.9 Å². The molecule has 1 aliphatic heterocycles. The van der Waals surface area contributed by atoms with E-state index in [1.54, 1.807) is 12.1 Å². The van der Waals surface area contributed by atoms with Gasteiger partial charge in [-0.25, -0.2) is 4.79 Å². The van der Waals surface area contributed by atoms with Gasteiger partial charge in [-0.05, 0) is 39.7 Å². The highest BCUT2D eigenvalue weighted by molar-refractivity contribution is 9.10. The zero-order valence-electron chi connectivity index (χ0n) is 7.57. The molecule has 0 aromatic heterocycles. The fourth-order valence-electron chi connectivity index (χ4n) is 1.24. The first-order chi connectivity index (χ1) is 7.18. The van der Waals surface area contributed by atoms with Crippen molar-refractivity contribution >= 4 is 28.0 Å². The van der Waals surface area contributed by atoms with E-state index >= 15 is 0 Å². The highest BCUT2D eigenvalue weighted by Crippen LogP contribution is 2.41. The van der Waals surface area contributed by atoms with Crippen LogP contribution in [0.3, 0.4) is 0 Å². The number of halogens is 1. The van der Waals surface area contributed by atoms with Crippen molar-refractivity contribution in [1.82, 2.24) is 0 Å². The Hall–Kier alpha value is -1.49. The van der Waals surface area contributed by atoms with Crippen LogP contribution in [0.1, 0.15) is 5.56 Å². The number of carboxylic acids is 1. The monoisotopic (exact) mass is 270 g/mol. The topological polar surface area (TPSA) is 55.8 Å². The predicted molar refractivity (Wildman–Crippen MR) is 56.9 cm³/mol. The van der Waals surface area contributed by atoms with Crippen LogP contribution in [0.25, 0.3) is 6.08 Å². The molecule has 0 atom stereocenters. The molecule has 78 valence electrons. The van der Waals surface area contributed by atoms with Crippen LogP contribution < -0.4 is 9.47 Å². The quantitative estimate of drug-likeness (QED) is 0.838. The maximum Gasteiger partial charge on any atom is 0.328 e. The minimum atomic E-state index is -0.987. The molecular weight excluding hydrogens is 264 g/mol. The van der Waals surface area contributed by atoms with Crippen molar-refractivity contribution in [2.75, 3.05) is 6.79 Å². The molecule has 1 aromatic rings. The summed E-state index contributed by atoms with van der Waals surface area (Å²) in [7, 11) is 0. The molecule has 0 radical (unpaired) electrons. The third-order valence-corrected chi connectivity index (χ3v) is 2.73. The molecule has 0 unspecified atom stereocenters. The molecule has 1 aliphatic rings. The number of rotatable bonds is 2. The van der Waals surface area contributed by atoms with Crippen molar-refractivity contribution in [3.05, 3.63) is 28.2 Å². The first kappa shape index (κ1) is 10.0. The molecule has 0 bridgehead atoms. The third kappa shape index (κ3) is 1.97. The number of aliphatic carboxylic acids is 1. The number of ether oxygens (including phenoxy) is 2. The molecule has 0 fully saturated rings. The molecule has 0 saturated carbocycles. The fraction of sp³-hybridized carbons (Fsp3) is 0.100. The van der Waals surface area contributed by atoms with Crippen molar-refractivity contribution in [3.63, 3.8) is 0 Å². The molecule has 0 saturated heterocycles. The fourth-order valence-corrected chi connectivity index (χ4v) is 1.82. The number of hydrogen-bond acceptors (Lipinski definition) is 3. The van der Waals surface area contributed by atoms with Gasteiger partial charge in [-0.3, -0.25) is 0 Å². The zero-order chi connectivity index (χ0) is 10.8. The summed E-state index contributed by atoms with van der Waals surface area (Å²) in [6.07, 6.45) is 2.57. The lowest BCUT2D eigenvalue weighted by molar-refractivity contribution is -0.131. The molecule has 4 nitrogen and oxygen atoms in total. The first-order valence-electron chi connectivity index (χ1n) is 4.17. The van der Waals surface area contributed by atoms with Gasteiger partial charge in [0.1, 0.15) is 0 Å². The average molecular weight is 271 g/mol. The summed E-state index contributed by atoms with van der Waals surface area (Å²) < 4.78 is 11.1. The van der Waals surface area contributed by atoms with Crippen LogP contribution >= 0.6 is 15.9 Å². The summed E-state index contributed by atoms with van der Waals surface area (Å²) in [6.45, 7) is 0.194. The summed E-state index contributed by atoms with van der Waals surface area (Å²) in [5, 5.41) is 8.50. The lowest BCUT2D eigenvalue weighted by Crippen LogP contribution is -1.93.